The summed E-state index contributed by atoms with van der Waals surface area (Å²) in [7, 11) is 0. The van der Waals surface area contributed by atoms with Gasteiger partial charge in [-0.3, -0.25) is 10.1 Å². The Bertz CT molecular complexity index is 998. The molecule has 0 aliphatic rings. The SMILES string of the molecule is Cc1cc(C)cc(Oc2ncnc(Oc3ccc(C)c(C)c3)c2[N+](=O)[O-])c1. The van der Waals surface area contributed by atoms with E-state index in [-0.39, 0.29) is 11.8 Å². The number of nitro groups is 1. The molecule has 0 amide bonds. The Balaban J connectivity index is 1.99. The summed E-state index contributed by atoms with van der Waals surface area (Å²) in [5.41, 5.74) is 3.64. The summed E-state index contributed by atoms with van der Waals surface area (Å²) in [6.45, 7) is 7.75. The lowest BCUT2D eigenvalue weighted by atomic mass is 10.1. The van der Waals surface area contributed by atoms with Crippen LogP contribution < -0.4 is 9.47 Å². The molecule has 1 heterocycles. The van der Waals surface area contributed by atoms with Crippen molar-refractivity contribution in [3.63, 3.8) is 0 Å². The first kappa shape index (κ1) is 18.3. The maximum atomic E-state index is 11.6. The van der Waals surface area contributed by atoms with Gasteiger partial charge in [0.1, 0.15) is 17.8 Å². The summed E-state index contributed by atoms with van der Waals surface area (Å²) in [6, 6.07) is 11.0. The first-order valence-electron chi connectivity index (χ1n) is 8.34. The first-order chi connectivity index (χ1) is 12.8. The highest BCUT2D eigenvalue weighted by molar-refractivity contribution is 5.52. The fourth-order valence-electron chi connectivity index (χ4n) is 2.65. The van der Waals surface area contributed by atoms with Gasteiger partial charge in [0.25, 0.3) is 0 Å². The maximum absolute atomic E-state index is 11.6. The molecular formula is C20H19N3O4. The van der Waals surface area contributed by atoms with Gasteiger partial charge in [0.15, 0.2) is 0 Å². The van der Waals surface area contributed by atoms with Gasteiger partial charge in [0.2, 0.25) is 0 Å². The topological polar surface area (TPSA) is 87.4 Å². The second-order valence-electron chi connectivity index (χ2n) is 6.36. The highest BCUT2D eigenvalue weighted by atomic mass is 16.6. The lowest BCUT2D eigenvalue weighted by Crippen LogP contribution is -2.01. The standard InChI is InChI=1S/C20H19N3O4/c1-12-7-13(2)9-17(8-12)27-20-18(23(24)25)19(21-11-22-20)26-16-6-5-14(3)15(4)10-16/h5-11H,1-4H3. The van der Waals surface area contributed by atoms with E-state index in [1.54, 1.807) is 24.3 Å². The van der Waals surface area contributed by atoms with E-state index >= 15 is 0 Å². The normalized spacial score (nSPS) is 10.5. The second-order valence-corrected chi connectivity index (χ2v) is 6.36. The fourth-order valence-corrected chi connectivity index (χ4v) is 2.65. The van der Waals surface area contributed by atoms with E-state index in [9.17, 15) is 10.1 Å². The number of aromatic nitrogens is 2. The third kappa shape index (κ3) is 4.20. The zero-order chi connectivity index (χ0) is 19.6. The highest BCUT2D eigenvalue weighted by Gasteiger charge is 2.27. The van der Waals surface area contributed by atoms with Crippen LogP contribution in [-0.2, 0) is 0 Å². The van der Waals surface area contributed by atoms with E-state index < -0.39 is 10.6 Å². The summed E-state index contributed by atoms with van der Waals surface area (Å²) < 4.78 is 11.3. The molecular weight excluding hydrogens is 346 g/mol. The second kappa shape index (κ2) is 7.41. The molecule has 7 heteroatoms. The van der Waals surface area contributed by atoms with Crippen molar-refractivity contribution in [2.75, 3.05) is 0 Å². The minimum Gasteiger partial charge on any atom is -0.433 e. The van der Waals surface area contributed by atoms with Gasteiger partial charge in [0, 0.05) is 0 Å². The first-order valence-corrected chi connectivity index (χ1v) is 8.34. The van der Waals surface area contributed by atoms with E-state index in [1.165, 1.54) is 6.33 Å². The Morgan fingerprint density at radius 3 is 1.96 bits per heavy atom. The molecule has 0 fully saturated rings. The van der Waals surface area contributed by atoms with Crippen LogP contribution in [0.3, 0.4) is 0 Å². The molecule has 0 aliphatic carbocycles. The molecule has 0 spiro atoms. The number of benzene rings is 2. The molecule has 0 saturated heterocycles. The summed E-state index contributed by atoms with van der Waals surface area (Å²) in [5, 5.41) is 11.6. The van der Waals surface area contributed by atoms with Crippen molar-refractivity contribution in [2.45, 2.75) is 27.7 Å². The molecule has 3 aromatic rings. The molecule has 0 aliphatic heterocycles. The van der Waals surface area contributed by atoms with Crippen molar-refractivity contribution in [3.8, 4) is 23.3 Å². The van der Waals surface area contributed by atoms with Crippen molar-refractivity contribution in [2.24, 2.45) is 0 Å². The lowest BCUT2D eigenvalue weighted by Gasteiger charge is -2.10. The molecule has 1 aromatic heterocycles. The van der Waals surface area contributed by atoms with Crippen molar-refractivity contribution in [1.82, 2.24) is 9.97 Å². The van der Waals surface area contributed by atoms with E-state index in [2.05, 4.69) is 9.97 Å². The Labute approximate surface area is 156 Å². The Morgan fingerprint density at radius 2 is 1.41 bits per heavy atom. The van der Waals surface area contributed by atoms with Gasteiger partial charge >= 0.3 is 17.4 Å². The van der Waals surface area contributed by atoms with Crippen molar-refractivity contribution in [3.05, 3.63) is 75.1 Å². The van der Waals surface area contributed by atoms with Gasteiger partial charge in [-0.15, -0.1) is 0 Å². The molecule has 3 rings (SSSR count). The Morgan fingerprint density at radius 1 is 0.815 bits per heavy atom. The average Bonchev–Trinajstić information content (AvgIpc) is 2.57. The van der Waals surface area contributed by atoms with Gasteiger partial charge in [-0.2, -0.15) is 9.97 Å². The predicted molar refractivity (Wildman–Crippen MR) is 101 cm³/mol. The Hall–Kier alpha value is -3.48. The lowest BCUT2D eigenvalue weighted by molar-refractivity contribution is -0.387. The zero-order valence-electron chi connectivity index (χ0n) is 15.5. The smallest absolute Gasteiger partial charge is 0.393 e. The van der Waals surface area contributed by atoms with E-state index in [1.807, 2.05) is 39.8 Å². The number of nitrogens with zero attached hydrogens (tertiary/aromatic N) is 3. The molecule has 138 valence electrons. The Kier molecular flexibility index (Phi) is 5.03. The van der Waals surface area contributed by atoms with Crippen LogP contribution in [0.1, 0.15) is 22.3 Å². The minimum atomic E-state index is -0.603. The molecule has 0 atom stereocenters. The largest absolute Gasteiger partial charge is 0.433 e. The summed E-state index contributed by atoms with van der Waals surface area (Å²) >= 11 is 0. The molecule has 0 unspecified atom stereocenters. The number of rotatable bonds is 5. The van der Waals surface area contributed by atoms with Gasteiger partial charge in [-0.1, -0.05) is 12.1 Å². The predicted octanol–water partition coefficient (Wildman–Crippen LogP) is 5.20. The van der Waals surface area contributed by atoms with Crippen molar-refractivity contribution in [1.29, 1.82) is 0 Å². The van der Waals surface area contributed by atoms with Gasteiger partial charge in [-0.25, -0.2) is 0 Å². The minimum absolute atomic E-state index is 0.168. The summed E-state index contributed by atoms with van der Waals surface area (Å²) in [6.07, 6.45) is 1.18. The summed E-state index contributed by atoms with van der Waals surface area (Å²) in [4.78, 5) is 18.9. The van der Waals surface area contributed by atoms with Crippen LogP contribution in [0, 0.1) is 37.8 Å². The van der Waals surface area contributed by atoms with E-state index in [0.29, 0.717) is 11.5 Å². The van der Waals surface area contributed by atoms with Crippen LogP contribution in [0.5, 0.6) is 23.3 Å². The monoisotopic (exact) mass is 365 g/mol. The van der Waals surface area contributed by atoms with Crippen molar-refractivity contribution >= 4 is 5.69 Å². The average molecular weight is 365 g/mol. The molecule has 0 N–H and O–H groups in total. The molecule has 2 aromatic carbocycles. The van der Waals surface area contributed by atoms with Crippen LogP contribution in [0.25, 0.3) is 0 Å². The number of hydrogen-bond acceptors (Lipinski definition) is 6. The summed E-state index contributed by atoms with van der Waals surface area (Å²) in [5.74, 6) is 0.583. The molecule has 0 bridgehead atoms. The van der Waals surface area contributed by atoms with Crippen LogP contribution in [0.4, 0.5) is 5.69 Å². The van der Waals surface area contributed by atoms with Gasteiger partial charge in [0.05, 0.1) is 4.92 Å². The molecule has 0 radical (unpaired) electrons. The van der Waals surface area contributed by atoms with Crippen molar-refractivity contribution < 1.29 is 14.4 Å². The molecule has 0 saturated carbocycles. The molecule has 7 nitrogen and oxygen atoms in total. The maximum Gasteiger partial charge on any atom is 0.393 e. The number of aryl methyl sites for hydroxylation is 4. The zero-order valence-corrected chi connectivity index (χ0v) is 15.5. The van der Waals surface area contributed by atoms with Gasteiger partial charge < -0.3 is 9.47 Å². The third-order valence-corrected chi connectivity index (χ3v) is 4.04. The van der Waals surface area contributed by atoms with Crippen LogP contribution >= 0.6 is 0 Å². The highest BCUT2D eigenvalue weighted by Crippen LogP contribution is 2.38. The van der Waals surface area contributed by atoms with Crippen LogP contribution in [-0.4, -0.2) is 14.9 Å². The quantitative estimate of drug-likeness (QED) is 0.456. The van der Waals surface area contributed by atoms with Crippen LogP contribution in [0.2, 0.25) is 0 Å². The van der Waals surface area contributed by atoms with E-state index in [0.717, 1.165) is 22.3 Å². The third-order valence-electron chi connectivity index (χ3n) is 4.04. The fraction of sp³-hybridized carbons (Fsp3) is 0.200. The molecule has 27 heavy (non-hydrogen) atoms. The van der Waals surface area contributed by atoms with Gasteiger partial charge in [-0.05, 0) is 74.2 Å². The van der Waals surface area contributed by atoms with E-state index in [4.69, 9.17) is 9.47 Å². The van der Waals surface area contributed by atoms with Crippen LogP contribution in [0.15, 0.2) is 42.7 Å². The number of hydrogen-bond donors (Lipinski definition) is 0. The number of ether oxygens (including phenoxy) is 2.